The molecule has 240 valence electrons. The number of aromatic nitrogens is 3. The van der Waals surface area contributed by atoms with Crippen molar-refractivity contribution in [2.75, 3.05) is 0 Å². The molecule has 0 N–H and O–H groups in total. The Morgan fingerprint density at radius 3 is 1.84 bits per heavy atom. The van der Waals surface area contributed by atoms with Crippen molar-refractivity contribution in [1.29, 1.82) is 0 Å². The molecule has 3 heterocycles. The fraction of sp³-hybridized carbons (Fsp3) is 0.0217. The van der Waals surface area contributed by atoms with E-state index in [-0.39, 0.29) is 0 Å². The van der Waals surface area contributed by atoms with Crippen LogP contribution in [-0.4, -0.2) is 15.0 Å². The first-order valence-electron chi connectivity index (χ1n) is 17.0. The van der Waals surface area contributed by atoms with Crippen LogP contribution in [0.2, 0.25) is 0 Å². The Balaban J connectivity index is 1.14. The van der Waals surface area contributed by atoms with E-state index in [1.54, 1.807) is 0 Å². The van der Waals surface area contributed by atoms with Crippen LogP contribution in [0.4, 0.5) is 0 Å². The molecule has 0 atom stereocenters. The average molecular weight is 656 g/mol. The third-order valence-electron chi connectivity index (χ3n) is 9.68. The molecule has 0 spiro atoms. The molecule has 0 radical (unpaired) electrons. The van der Waals surface area contributed by atoms with Crippen molar-refractivity contribution in [1.82, 2.24) is 15.0 Å². The number of fused-ring (bicyclic) bond motifs is 6. The quantitative estimate of drug-likeness (QED) is 0.185. The van der Waals surface area contributed by atoms with Crippen molar-refractivity contribution in [2.24, 2.45) is 0 Å². The van der Waals surface area contributed by atoms with E-state index in [1.807, 2.05) is 54.6 Å². The summed E-state index contributed by atoms with van der Waals surface area (Å²) in [7, 11) is 0. The molecule has 2 aromatic heterocycles. The van der Waals surface area contributed by atoms with Gasteiger partial charge in [0.15, 0.2) is 17.5 Å². The van der Waals surface area contributed by atoms with E-state index in [4.69, 9.17) is 24.1 Å². The van der Waals surface area contributed by atoms with Gasteiger partial charge in [-0.1, -0.05) is 146 Å². The highest BCUT2D eigenvalue weighted by Crippen LogP contribution is 2.43. The number of nitrogens with zero attached hydrogens (tertiary/aromatic N) is 3. The summed E-state index contributed by atoms with van der Waals surface area (Å²) in [5.74, 6) is 2.65. The molecular weight excluding hydrogens is 627 g/mol. The minimum Gasteiger partial charge on any atom is -0.488 e. The van der Waals surface area contributed by atoms with Gasteiger partial charge in [-0.25, -0.2) is 15.0 Å². The SMILES string of the molecule is c1ccc(-c2ccccc2-c2nc(-c3ccc(-c4cccc5c4-c4ccccc4OC5)cc3)nc(-c3cccc4c3oc3ccccc34)n2)cc1. The number of hydrogen-bond donors (Lipinski definition) is 0. The highest BCUT2D eigenvalue weighted by Gasteiger charge is 2.22. The van der Waals surface area contributed by atoms with E-state index in [0.717, 1.165) is 66.6 Å². The van der Waals surface area contributed by atoms with Gasteiger partial charge in [0.25, 0.3) is 0 Å². The molecule has 1 aliphatic heterocycles. The van der Waals surface area contributed by atoms with E-state index in [2.05, 4.69) is 109 Å². The van der Waals surface area contributed by atoms with Crippen molar-refractivity contribution in [3.63, 3.8) is 0 Å². The van der Waals surface area contributed by atoms with Crippen LogP contribution in [0.25, 0.3) is 89.5 Å². The van der Waals surface area contributed by atoms with Crippen LogP contribution in [0, 0.1) is 0 Å². The first kappa shape index (κ1) is 29.1. The Morgan fingerprint density at radius 2 is 0.980 bits per heavy atom. The number of furan rings is 1. The maximum absolute atomic E-state index is 6.45. The third-order valence-corrected chi connectivity index (χ3v) is 9.68. The van der Waals surface area contributed by atoms with Gasteiger partial charge in [0.1, 0.15) is 23.5 Å². The van der Waals surface area contributed by atoms with Gasteiger partial charge in [-0.3, -0.25) is 0 Å². The van der Waals surface area contributed by atoms with Crippen LogP contribution in [0.1, 0.15) is 5.56 Å². The number of rotatable bonds is 5. The van der Waals surface area contributed by atoms with Gasteiger partial charge in [-0.15, -0.1) is 0 Å². The summed E-state index contributed by atoms with van der Waals surface area (Å²) in [6.07, 6.45) is 0. The predicted octanol–water partition coefficient (Wildman–Crippen LogP) is 11.7. The van der Waals surface area contributed by atoms with Crippen molar-refractivity contribution >= 4 is 21.9 Å². The van der Waals surface area contributed by atoms with Gasteiger partial charge in [-0.05, 0) is 51.6 Å². The maximum Gasteiger partial charge on any atom is 0.167 e. The molecule has 51 heavy (non-hydrogen) atoms. The van der Waals surface area contributed by atoms with Gasteiger partial charge in [0.05, 0.1) is 5.56 Å². The summed E-state index contributed by atoms with van der Waals surface area (Å²) in [4.78, 5) is 15.4. The Morgan fingerprint density at radius 1 is 0.392 bits per heavy atom. The highest BCUT2D eigenvalue weighted by atomic mass is 16.5. The molecule has 0 amide bonds. The van der Waals surface area contributed by atoms with Crippen LogP contribution < -0.4 is 4.74 Å². The monoisotopic (exact) mass is 655 g/mol. The Kier molecular flexibility index (Phi) is 6.81. The zero-order valence-corrected chi connectivity index (χ0v) is 27.5. The summed E-state index contributed by atoms with van der Waals surface area (Å²) in [6.45, 7) is 0.553. The minimum atomic E-state index is 0.553. The van der Waals surface area contributed by atoms with Crippen LogP contribution in [0.3, 0.4) is 0 Å². The molecule has 10 rings (SSSR count). The van der Waals surface area contributed by atoms with E-state index >= 15 is 0 Å². The second-order valence-corrected chi connectivity index (χ2v) is 12.7. The third kappa shape index (κ3) is 4.98. The molecule has 0 saturated heterocycles. The lowest BCUT2D eigenvalue weighted by Crippen LogP contribution is -2.06. The second-order valence-electron chi connectivity index (χ2n) is 12.7. The molecule has 7 aromatic carbocycles. The average Bonchev–Trinajstić information content (AvgIpc) is 3.60. The molecule has 0 aliphatic carbocycles. The van der Waals surface area contributed by atoms with Gasteiger partial charge >= 0.3 is 0 Å². The largest absolute Gasteiger partial charge is 0.488 e. The Bertz CT molecular complexity index is 2750. The molecule has 1 aliphatic rings. The minimum absolute atomic E-state index is 0.553. The molecule has 0 saturated carbocycles. The maximum atomic E-state index is 6.45. The lowest BCUT2D eigenvalue weighted by Gasteiger charge is -2.23. The molecule has 5 heteroatoms. The number of para-hydroxylation sites is 3. The molecule has 0 unspecified atom stereocenters. The van der Waals surface area contributed by atoms with Crippen LogP contribution in [0.5, 0.6) is 5.75 Å². The van der Waals surface area contributed by atoms with Crippen molar-refractivity contribution in [3.05, 3.63) is 169 Å². The fourth-order valence-electron chi connectivity index (χ4n) is 7.25. The van der Waals surface area contributed by atoms with Crippen molar-refractivity contribution in [3.8, 4) is 73.3 Å². The highest BCUT2D eigenvalue weighted by molar-refractivity contribution is 6.09. The van der Waals surface area contributed by atoms with Crippen LogP contribution >= 0.6 is 0 Å². The second kappa shape index (κ2) is 11.9. The summed E-state index contributed by atoms with van der Waals surface area (Å²) >= 11 is 0. The molecule has 0 bridgehead atoms. The van der Waals surface area contributed by atoms with E-state index < -0.39 is 0 Å². The van der Waals surface area contributed by atoms with Gasteiger partial charge in [-0.2, -0.15) is 0 Å². The van der Waals surface area contributed by atoms with E-state index in [0.29, 0.717) is 24.1 Å². The lowest BCUT2D eigenvalue weighted by molar-refractivity contribution is 0.302. The smallest absolute Gasteiger partial charge is 0.167 e. The van der Waals surface area contributed by atoms with Crippen molar-refractivity contribution < 1.29 is 9.15 Å². The summed E-state index contributed by atoms with van der Waals surface area (Å²) in [6, 6.07) is 56.1. The zero-order valence-electron chi connectivity index (χ0n) is 27.5. The molecule has 0 fully saturated rings. The lowest BCUT2D eigenvalue weighted by atomic mass is 9.89. The van der Waals surface area contributed by atoms with Crippen molar-refractivity contribution in [2.45, 2.75) is 6.61 Å². The predicted molar refractivity (Wildman–Crippen MR) is 204 cm³/mol. The number of ether oxygens (including phenoxy) is 1. The Labute approximate surface area is 294 Å². The van der Waals surface area contributed by atoms with Gasteiger partial charge in [0.2, 0.25) is 0 Å². The van der Waals surface area contributed by atoms with Gasteiger partial charge in [0, 0.05) is 27.5 Å². The Hall–Kier alpha value is -6.85. The standard InChI is InChI=1S/C46H29N3O2/c1-2-12-29(13-3-1)33-15-4-5-17-37(33)45-47-44(48-46(49-45)39-21-11-20-36-35-16-6-9-23-41(35)51-43(36)39)31-26-24-30(25-27-31)34-19-10-14-32-28-50-40-22-8-7-18-38(40)42(32)34/h1-27H,28H2. The normalized spacial score (nSPS) is 12.0. The molecule has 9 aromatic rings. The van der Waals surface area contributed by atoms with Gasteiger partial charge < -0.3 is 9.15 Å². The number of benzene rings is 7. The first-order chi connectivity index (χ1) is 25.3. The van der Waals surface area contributed by atoms with E-state index in [1.165, 1.54) is 16.7 Å². The molecule has 5 nitrogen and oxygen atoms in total. The molecular formula is C46H29N3O2. The summed E-state index contributed by atoms with van der Waals surface area (Å²) in [5.41, 5.74) is 12.2. The number of hydrogen-bond acceptors (Lipinski definition) is 5. The fourth-order valence-corrected chi connectivity index (χ4v) is 7.25. The first-order valence-corrected chi connectivity index (χ1v) is 17.0. The van der Waals surface area contributed by atoms with E-state index in [9.17, 15) is 0 Å². The summed E-state index contributed by atoms with van der Waals surface area (Å²) < 4.78 is 12.5. The topological polar surface area (TPSA) is 61.0 Å². The zero-order chi connectivity index (χ0) is 33.7. The summed E-state index contributed by atoms with van der Waals surface area (Å²) in [5, 5.41) is 2.09. The van der Waals surface area contributed by atoms with Crippen LogP contribution in [0.15, 0.2) is 168 Å². The van der Waals surface area contributed by atoms with Crippen LogP contribution in [-0.2, 0) is 6.61 Å².